The van der Waals surface area contributed by atoms with Crippen molar-refractivity contribution in [1.29, 1.82) is 0 Å². The van der Waals surface area contributed by atoms with Crippen molar-refractivity contribution in [2.75, 3.05) is 0 Å². The number of benzene rings is 1. The third kappa shape index (κ3) is 1.69. The van der Waals surface area contributed by atoms with Crippen molar-refractivity contribution in [2.24, 2.45) is 5.92 Å². The summed E-state index contributed by atoms with van der Waals surface area (Å²) < 4.78 is 0. The van der Waals surface area contributed by atoms with Crippen molar-refractivity contribution in [3.05, 3.63) is 34.9 Å². The number of rotatable bonds is 1. The van der Waals surface area contributed by atoms with Gasteiger partial charge in [-0.05, 0) is 61.1 Å². The normalized spacial score (nSPS) is 25.7. The minimum atomic E-state index is 0.898. The molecule has 2 aliphatic rings. The van der Waals surface area contributed by atoms with Crippen molar-refractivity contribution in [3.8, 4) is 0 Å². The lowest BCUT2D eigenvalue weighted by atomic mass is 9.77. The summed E-state index contributed by atoms with van der Waals surface area (Å²) >= 11 is 0. The lowest BCUT2D eigenvalue weighted by Crippen LogP contribution is -2.14. The molecule has 86 valence electrons. The van der Waals surface area contributed by atoms with Crippen molar-refractivity contribution in [2.45, 2.75) is 57.8 Å². The van der Waals surface area contributed by atoms with E-state index in [0.29, 0.717) is 0 Å². The van der Waals surface area contributed by atoms with Crippen LogP contribution in [-0.2, 0) is 6.42 Å². The zero-order chi connectivity index (χ0) is 11.0. The van der Waals surface area contributed by atoms with E-state index in [9.17, 15) is 0 Å². The summed E-state index contributed by atoms with van der Waals surface area (Å²) in [7, 11) is 0. The Kier molecular flexibility index (Phi) is 2.75. The molecule has 0 aromatic heterocycles. The fourth-order valence-corrected chi connectivity index (χ4v) is 3.90. The van der Waals surface area contributed by atoms with Gasteiger partial charge in [-0.25, -0.2) is 0 Å². The summed E-state index contributed by atoms with van der Waals surface area (Å²) in [5, 5.41) is 0. The molecule has 0 heterocycles. The maximum absolute atomic E-state index is 2.40. The summed E-state index contributed by atoms with van der Waals surface area (Å²) in [5.74, 6) is 1.90. The van der Waals surface area contributed by atoms with Gasteiger partial charge in [0.15, 0.2) is 0 Å². The summed E-state index contributed by atoms with van der Waals surface area (Å²) in [6.07, 6.45) is 10.2. The zero-order valence-electron chi connectivity index (χ0n) is 10.3. The van der Waals surface area contributed by atoms with E-state index in [4.69, 9.17) is 0 Å². The first kappa shape index (κ1) is 10.4. The Morgan fingerprint density at radius 3 is 2.62 bits per heavy atom. The monoisotopic (exact) mass is 214 g/mol. The van der Waals surface area contributed by atoms with Crippen LogP contribution in [0.4, 0.5) is 0 Å². The van der Waals surface area contributed by atoms with Gasteiger partial charge < -0.3 is 0 Å². The quantitative estimate of drug-likeness (QED) is 0.640. The fourth-order valence-electron chi connectivity index (χ4n) is 3.90. The van der Waals surface area contributed by atoms with Gasteiger partial charge in [-0.15, -0.1) is 0 Å². The van der Waals surface area contributed by atoms with Crippen LogP contribution in [0.2, 0.25) is 0 Å². The van der Waals surface area contributed by atoms with Crippen molar-refractivity contribution in [1.82, 2.24) is 0 Å². The molecule has 0 amide bonds. The predicted octanol–water partition coefficient (Wildman–Crippen LogP) is 4.61. The molecule has 0 radical (unpaired) electrons. The van der Waals surface area contributed by atoms with Crippen molar-refractivity contribution >= 4 is 0 Å². The molecular weight excluding hydrogens is 192 g/mol. The summed E-state index contributed by atoms with van der Waals surface area (Å²) in [5.41, 5.74) is 4.90. The van der Waals surface area contributed by atoms with Crippen LogP contribution in [0.25, 0.3) is 0 Å². The van der Waals surface area contributed by atoms with E-state index in [1.54, 1.807) is 11.1 Å². The first-order valence-corrected chi connectivity index (χ1v) is 6.94. The van der Waals surface area contributed by atoms with E-state index in [2.05, 4.69) is 25.1 Å². The Balaban J connectivity index is 1.87. The Morgan fingerprint density at radius 2 is 1.81 bits per heavy atom. The molecule has 1 unspecified atom stereocenters. The van der Waals surface area contributed by atoms with Crippen LogP contribution in [0, 0.1) is 12.8 Å². The van der Waals surface area contributed by atoms with Crippen LogP contribution < -0.4 is 0 Å². The maximum atomic E-state index is 2.40. The molecule has 0 bridgehead atoms. The summed E-state index contributed by atoms with van der Waals surface area (Å²) in [6, 6.07) is 6.94. The Bertz CT molecular complexity index is 372. The Labute approximate surface area is 99.1 Å². The highest BCUT2D eigenvalue weighted by Gasteiger charge is 2.30. The molecule has 0 spiro atoms. The minimum Gasteiger partial charge on any atom is -0.0617 e. The molecule has 1 fully saturated rings. The van der Waals surface area contributed by atoms with Crippen LogP contribution in [-0.4, -0.2) is 0 Å². The van der Waals surface area contributed by atoms with Crippen LogP contribution >= 0.6 is 0 Å². The van der Waals surface area contributed by atoms with Gasteiger partial charge >= 0.3 is 0 Å². The van der Waals surface area contributed by atoms with Gasteiger partial charge in [0.25, 0.3) is 0 Å². The predicted molar refractivity (Wildman–Crippen MR) is 68.8 cm³/mol. The molecule has 1 aromatic rings. The lowest BCUT2D eigenvalue weighted by Gasteiger charge is -2.28. The van der Waals surface area contributed by atoms with Crippen LogP contribution in [0.3, 0.4) is 0 Å². The van der Waals surface area contributed by atoms with E-state index in [1.165, 1.54) is 50.5 Å². The molecule has 1 atom stereocenters. The van der Waals surface area contributed by atoms with E-state index in [-0.39, 0.29) is 0 Å². The zero-order valence-corrected chi connectivity index (χ0v) is 10.3. The van der Waals surface area contributed by atoms with Crippen molar-refractivity contribution < 1.29 is 0 Å². The largest absolute Gasteiger partial charge is 0.0617 e. The second-order valence-corrected chi connectivity index (χ2v) is 5.69. The average Bonchev–Trinajstić information content (AvgIpc) is 2.75. The lowest BCUT2D eigenvalue weighted by molar-refractivity contribution is 0.303. The van der Waals surface area contributed by atoms with E-state index < -0.39 is 0 Å². The van der Waals surface area contributed by atoms with Gasteiger partial charge in [0.1, 0.15) is 0 Å². The molecule has 1 aromatic carbocycles. The first-order chi connectivity index (χ1) is 7.86. The third-order valence-corrected chi connectivity index (χ3v) is 4.77. The minimum absolute atomic E-state index is 0.898. The molecule has 0 aliphatic heterocycles. The Morgan fingerprint density at radius 1 is 1.00 bits per heavy atom. The van der Waals surface area contributed by atoms with E-state index in [1.807, 2.05) is 0 Å². The molecular formula is C16H22. The molecule has 2 aliphatic carbocycles. The maximum Gasteiger partial charge on any atom is -0.0128 e. The highest BCUT2D eigenvalue weighted by molar-refractivity contribution is 5.40. The average molecular weight is 214 g/mol. The number of aryl methyl sites for hydroxylation is 1. The van der Waals surface area contributed by atoms with Crippen molar-refractivity contribution in [3.63, 3.8) is 0 Å². The molecule has 0 N–H and O–H groups in total. The second-order valence-electron chi connectivity index (χ2n) is 5.69. The van der Waals surface area contributed by atoms with Gasteiger partial charge in [0, 0.05) is 0 Å². The van der Waals surface area contributed by atoms with Crippen LogP contribution in [0.5, 0.6) is 0 Å². The van der Waals surface area contributed by atoms with Crippen LogP contribution in [0.1, 0.15) is 61.1 Å². The van der Waals surface area contributed by atoms with E-state index in [0.717, 1.165) is 11.8 Å². The second kappa shape index (κ2) is 4.24. The molecule has 0 heteroatoms. The van der Waals surface area contributed by atoms with Gasteiger partial charge in [-0.1, -0.05) is 37.5 Å². The molecule has 1 saturated carbocycles. The molecule has 0 saturated heterocycles. The Hall–Kier alpha value is -0.780. The van der Waals surface area contributed by atoms with E-state index >= 15 is 0 Å². The highest BCUT2D eigenvalue weighted by Crippen LogP contribution is 2.44. The number of hydrogen-bond donors (Lipinski definition) is 0. The summed E-state index contributed by atoms with van der Waals surface area (Å²) in [6.45, 7) is 2.28. The fraction of sp³-hybridized carbons (Fsp3) is 0.625. The first-order valence-electron chi connectivity index (χ1n) is 6.94. The van der Waals surface area contributed by atoms with Gasteiger partial charge in [0.05, 0.1) is 0 Å². The topological polar surface area (TPSA) is 0 Å². The highest BCUT2D eigenvalue weighted by atomic mass is 14.4. The van der Waals surface area contributed by atoms with Gasteiger partial charge in [-0.2, -0.15) is 0 Å². The number of fused-ring (bicyclic) bond motifs is 1. The third-order valence-electron chi connectivity index (χ3n) is 4.77. The molecule has 16 heavy (non-hydrogen) atoms. The SMILES string of the molecule is Cc1cccc2c1CCC2C1CCCCC1. The molecule has 3 rings (SSSR count). The molecule has 0 nitrogen and oxygen atoms in total. The summed E-state index contributed by atoms with van der Waals surface area (Å²) in [4.78, 5) is 0. The van der Waals surface area contributed by atoms with Gasteiger partial charge in [0.2, 0.25) is 0 Å². The smallest absolute Gasteiger partial charge is 0.0128 e. The standard InChI is InChI=1S/C16H22/c1-12-6-5-9-16-14(12)10-11-15(16)13-7-3-2-4-8-13/h5-6,9,13,15H,2-4,7-8,10-11H2,1H3. The van der Waals surface area contributed by atoms with Crippen LogP contribution in [0.15, 0.2) is 18.2 Å². The number of hydrogen-bond acceptors (Lipinski definition) is 0. The van der Waals surface area contributed by atoms with Gasteiger partial charge in [-0.3, -0.25) is 0 Å².